The number of nitrogens with zero attached hydrogens (tertiary/aromatic N) is 1. The van der Waals surface area contributed by atoms with Gasteiger partial charge in [-0.05, 0) is 52.0 Å². The van der Waals surface area contributed by atoms with E-state index < -0.39 is 5.60 Å². The van der Waals surface area contributed by atoms with Crippen molar-refractivity contribution in [3.63, 3.8) is 0 Å². The van der Waals surface area contributed by atoms with Crippen molar-refractivity contribution in [2.75, 3.05) is 13.1 Å². The SMILES string of the molecule is CC(C)(C)OC(=O)N1CCC(/C=C/C(=O)C2CCCCC2)C1. The second-order valence-electron chi connectivity index (χ2n) is 7.57. The van der Waals surface area contributed by atoms with Gasteiger partial charge in [0.1, 0.15) is 5.60 Å². The molecule has 1 amide bonds. The van der Waals surface area contributed by atoms with Gasteiger partial charge in [0.15, 0.2) is 5.78 Å². The Morgan fingerprint density at radius 2 is 1.77 bits per heavy atom. The number of carbonyl (C=O) groups is 2. The molecule has 4 nitrogen and oxygen atoms in total. The van der Waals surface area contributed by atoms with Crippen LogP contribution in [0.1, 0.15) is 59.3 Å². The Morgan fingerprint density at radius 3 is 2.41 bits per heavy atom. The molecule has 1 saturated heterocycles. The maximum atomic E-state index is 12.2. The van der Waals surface area contributed by atoms with E-state index in [2.05, 4.69) is 0 Å². The smallest absolute Gasteiger partial charge is 0.410 e. The summed E-state index contributed by atoms with van der Waals surface area (Å²) in [4.78, 5) is 25.9. The summed E-state index contributed by atoms with van der Waals surface area (Å²) in [5.74, 6) is 0.781. The zero-order chi connectivity index (χ0) is 16.2. The van der Waals surface area contributed by atoms with E-state index in [0.717, 1.165) is 19.3 Å². The van der Waals surface area contributed by atoms with E-state index in [-0.39, 0.29) is 23.7 Å². The fraction of sp³-hybridized carbons (Fsp3) is 0.778. The van der Waals surface area contributed by atoms with Crippen LogP contribution in [0.2, 0.25) is 0 Å². The van der Waals surface area contributed by atoms with Gasteiger partial charge < -0.3 is 9.64 Å². The molecule has 0 aromatic rings. The molecule has 124 valence electrons. The lowest BCUT2D eigenvalue weighted by molar-refractivity contribution is -0.119. The highest BCUT2D eigenvalue weighted by Crippen LogP contribution is 2.25. The van der Waals surface area contributed by atoms with Crippen LogP contribution in [0.5, 0.6) is 0 Å². The first kappa shape index (κ1) is 17.0. The van der Waals surface area contributed by atoms with E-state index in [1.54, 1.807) is 11.0 Å². The van der Waals surface area contributed by atoms with E-state index in [9.17, 15) is 9.59 Å². The van der Waals surface area contributed by atoms with Gasteiger partial charge in [0.05, 0.1) is 0 Å². The highest BCUT2D eigenvalue weighted by atomic mass is 16.6. The number of likely N-dealkylation sites (tertiary alicyclic amines) is 1. The minimum absolute atomic E-state index is 0.230. The van der Waals surface area contributed by atoms with Gasteiger partial charge >= 0.3 is 6.09 Å². The van der Waals surface area contributed by atoms with E-state index in [4.69, 9.17) is 4.74 Å². The third-order valence-corrected chi connectivity index (χ3v) is 4.42. The van der Waals surface area contributed by atoms with Crippen LogP contribution in [0, 0.1) is 11.8 Å². The quantitative estimate of drug-likeness (QED) is 0.742. The molecule has 0 aromatic heterocycles. The number of hydrogen-bond donors (Lipinski definition) is 0. The van der Waals surface area contributed by atoms with Crippen LogP contribution in [0.4, 0.5) is 4.79 Å². The first-order chi connectivity index (χ1) is 10.3. The fourth-order valence-corrected chi connectivity index (χ4v) is 3.19. The summed E-state index contributed by atoms with van der Waals surface area (Å²) in [5, 5.41) is 0. The molecular weight excluding hydrogens is 278 g/mol. The Hall–Kier alpha value is -1.32. The molecule has 2 aliphatic rings. The highest BCUT2D eigenvalue weighted by molar-refractivity contribution is 5.91. The predicted octanol–water partition coefficient (Wildman–Crippen LogP) is 3.95. The molecule has 4 heteroatoms. The summed E-state index contributed by atoms with van der Waals surface area (Å²) >= 11 is 0. The molecule has 1 atom stereocenters. The molecule has 2 fully saturated rings. The minimum atomic E-state index is -0.456. The van der Waals surface area contributed by atoms with E-state index in [1.807, 2.05) is 26.8 Å². The largest absolute Gasteiger partial charge is 0.444 e. The molecule has 0 bridgehead atoms. The number of ketones is 1. The molecule has 2 rings (SSSR count). The normalized spacial score (nSPS) is 24.0. The summed E-state index contributed by atoms with van der Waals surface area (Å²) in [6.07, 6.45) is 10.1. The molecule has 0 spiro atoms. The number of allylic oxidation sites excluding steroid dienone is 1. The molecule has 0 N–H and O–H groups in total. The zero-order valence-corrected chi connectivity index (χ0v) is 14.1. The Balaban J connectivity index is 1.79. The third kappa shape index (κ3) is 5.15. The number of carbonyl (C=O) groups excluding carboxylic acids is 2. The zero-order valence-electron chi connectivity index (χ0n) is 14.1. The van der Waals surface area contributed by atoms with Gasteiger partial charge in [-0.3, -0.25) is 4.79 Å². The number of rotatable bonds is 3. The second-order valence-corrected chi connectivity index (χ2v) is 7.57. The lowest BCUT2D eigenvalue weighted by Crippen LogP contribution is -2.35. The number of amides is 1. The number of hydrogen-bond acceptors (Lipinski definition) is 3. The summed E-state index contributed by atoms with van der Waals surface area (Å²) in [6.45, 7) is 6.99. The van der Waals surface area contributed by atoms with E-state index in [0.29, 0.717) is 13.1 Å². The summed E-state index contributed by atoms with van der Waals surface area (Å²) in [6, 6.07) is 0. The van der Waals surface area contributed by atoms with Crippen molar-refractivity contribution in [2.45, 2.75) is 64.9 Å². The number of ether oxygens (including phenoxy) is 1. The van der Waals surface area contributed by atoms with Crippen LogP contribution in [0.3, 0.4) is 0 Å². The lowest BCUT2D eigenvalue weighted by atomic mass is 9.86. The second kappa shape index (κ2) is 7.30. The lowest BCUT2D eigenvalue weighted by Gasteiger charge is -2.24. The van der Waals surface area contributed by atoms with Gasteiger partial charge in [-0.15, -0.1) is 0 Å². The fourth-order valence-electron chi connectivity index (χ4n) is 3.19. The molecular formula is C18H29NO3. The standard InChI is InChI=1S/C18H29NO3/c1-18(2,3)22-17(21)19-12-11-14(13-19)9-10-16(20)15-7-5-4-6-8-15/h9-10,14-15H,4-8,11-13H2,1-3H3/b10-9+. The maximum Gasteiger partial charge on any atom is 0.410 e. The van der Waals surface area contributed by atoms with Crippen LogP contribution in [0.25, 0.3) is 0 Å². The van der Waals surface area contributed by atoms with Crippen molar-refractivity contribution in [1.82, 2.24) is 4.90 Å². The van der Waals surface area contributed by atoms with Gasteiger partial charge in [0, 0.05) is 19.0 Å². The molecule has 1 aliphatic carbocycles. The first-order valence-corrected chi connectivity index (χ1v) is 8.55. The maximum absolute atomic E-state index is 12.2. The van der Waals surface area contributed by atoms with Gasteiger partial charge in [-0.1, -0.05) is 25.3 Å². The average Bonchev–Trinajstić information content (AvgIpc) is 2.93. The Bertz CT molecular complexity index is 430. The molecule has 0 aromatic carbocycles. The average molecular weight is 307 g/mol. The molecule has 1 unspecified atom stereocenters. The van der Waals surface area contributed by atoms with Gasteiger partial charge in [-0.25, -0.2) is 4.79 Å². The Labute approximate surface area is 133 Å². The van der Waals surface area contributed by atoms with Gasteiger partial charge in [0.2, 0.25) is 0 Å². The van der Waals surface area contributed by atoms with Crippen LogP contribution in [-0.2, 0) is 9.53 Å². The summed E-state index contributed by atoms with van der Waals surface area (Å²) < 4.78 is 5.39. The van der Waals surface area contributed by atoms with Crippen LogP contribution in [-0.4, -0.2) is 35.5 Å². The topological polar surface area (TPSA) is 46.6 Å². The van der Waals surface area contributed by atoms with Crippen molar-refractivity contribution in [2.24, 2.45) is 11.8 Å². The Morgan fingerprint density at radius 1 is 1.09 bits per heavy atom. The third-order valence-electron chi connectivity index (χ3n) is 4.42. The van der Waals surface area contributed by atoms with Crippen molar-refractivity contribution < 1.29 is 14.3 Å². The molecule has 22 heavy (non-hydrogen) atoms. The summed E-state index contributed by atoms with van der Waals surface area (Å²) in [7, 11) is 0. The van der Waals surface area contributed by atoms with Crippen LogP contribution >= 0.6 is 0 Å². The molecule has 1 saturated carbocycles. The van der Waals surface area contributed by atoms with E-state index in [1.165, 1.54) is 19.3 Å². The summed E-state index contributed by atoms with van der Waals surface area (Å²) in [5.41, 5.74) is -0.456. The van der Waals surface area contributed by atoms with Crippen molar-refractivity contribution in [3.05, 3.63) is 12.2 Å². The first-order valence-electron chi connectivity index (χ1n) is 8.55. The van der Waals surface area contributed by atoms with Crippen LogP contribution in [0.15, 0.2) is 12.2 Å². The highest BCUT2D eigenvalue weighted by Gasteiger charge is 2.29. The van der Waals surface area contributed by atoms with Crippen LogP contribution < -0.4 is 0 Å². The minimum Gasteiger partial charge on any atom is -0.444 e. The molecule has 1 aliphatic heterocycles. The van der Waals surface area contributed by atoms with Crippen molar-refractivity contribution >= 4 is 11.9 Å². The van der Waals surface area contributed by atoms with Gasteiger partial charge in [-0.2, -0.15) is 0 Å². The monoisotopic (exact) mass is 307 g/mol. The van der Waals surface area contributed by atoms with Crippen molar-refractivity contribution in [3.8, 4) is 0 Å². The van der Waals surface area contributed by atoms with Crippen molar-refractivity contribution in [1.29, 1.82) is 0 Å². The Kier molecular flexibility index (Phi) is 5.65. The van der Waals surface area contributed by atoms with E-state index >= 15 is 0 Å². The molecule has 1 heterocycles. The molecule has 0 radical (unpaired) electrons. The predicted molar refractivity (Wildman–Crippen MR) is 86.6 cm³/mol. The van der Waals surface area contributed by atoms with Gasteiger partial charge in [0.25, 0.3) is 0 Å².